The number of esters is 1. The fraction of sp³-hybridized carbons (Fsp3) is 0.333. The Kier molecular flexibility index (Phi) is 4.51. The summed E-state index contributed by atoms with van der Waals surface area (Å²) < 4.78 is 4.68. The van der Waals surface area contributed by atoms with Gasteiger partial charge in [-0.3, -0.25) is 0 Å². The lowest BCUT2D eigenvalue weighted by Crippen LogP contribution is -2.40. The van der Waals surface area contributed by atoms with Gasteiger partial charge in [-0.15, -0.1) is 0 Å². The molecule has 0 radical (unpaired) electrons. The van der Waals surface area contributed by atoms with Gasteiger partial charge in [-0.2, -0.15) is 0 Å². The van der Waals surface area contributed by atoms with Crippen LogP contribution in [0.4, 0.5) is 4.79 Å². The van der Waals surface area contributed by atoms with Gasteiger partial charge in [0.2, 0.25) is 0 Å². The molecule has 0 aliphatic carbocycles. The highest BCUT2D eigenvalue weighted by Crippen LogP contribution is 2.14. The molecule has 0 spiro atoms. The summed E-state index contributed by atoms with van der Waals surface area (Å²) in [6.07, 6.45) is 0. The van der Waals surface area contributed by atoms with E-state index in [1.807, 2.05) is 6.07 Å². The molecule has 0 aromatic heterocycles. The molecular weight excluding hydrogens is 220 g/mol. The van der Waals surface area contributed by atoms with Crippen molar-refractivity contribution in [2.45, 2.75) is 6.04 Å². The second-order valence-corrected chi connectivity index (χ2v) is 3.71. The summed E-state index contributed by atoms with van der Waals surface area (Å²) in [4.78, 5) is 24.5. The molecule has 1 N–H and O–H groups in total. The fourth-order valence-electron chi connectivity index (χ4n) is 1.29. The zero-order chi connectivity index (χ0) is 12.8. The van der Waals surface area contributed by atoms with E-state index in [1.165, 1.54) is 12.0 Å². The molecule has 92 valence electrons. The fourth-order valence-corrected chi connectivity index (χ4v) is 1.29. The van der Waals surface area contributed by atoms with Crippen molar-refractivity contribution < 1.29 is 14.3 Å². The van der Waals surface area contributed by atoms with Crippen LogP contribution in [-0.2, 0) is 9.53 Å². The zero-order valence-electron chi connectivity index (χ0n) is 10.1. The topological polar surface area (TPSA) is 58.6 Å². The smallest absolute Gasteiger partial charge is 0.333 e. The number of hydrogen-bond donors (Lipinski definition) is 1. The molecule has 17 heavy (non-hydrogen) atoms. The van der Waals surface area contributed by atoms with Gasteiger partial charge in [0.1, 0.15) is 0 Å². The summed E-state index contributed by atoms with van der Waals surface area (Å²) in [5, 5.41) is 2.60. The van der Waals surface area contributed by atoms with Crippen LogP contribution in [0.15, 0.2) is 30.3 Å². The molecule has 0 fully saturated rings. The molecule has 1 aromatic carbocycles. The van der Waals surface area contributed by atoms with Crippen molar-refractivity contribution in [2.75, 3.05) is 21.2 Å². The quantitative estimate of drug-likeness (QED) is 0.801. The standard InChI is InChI=1S/C12H16N2O3/c1-14(2)12(16)13-10(11(15)17-3)9-7-5-4-6-8-9/h4-8,10H,1-3H3,(H,13,16). The summed E-state index contributed by atoms with van der Waals surface area (Å²) in [5.41, 5.74) is 0.689. The molecule has 0 saturated heterocycles. The molecule has 0 aliphatic heterocycles. The first kappa shape index (κ1) is 13.0. The first-order valence-electron chi connectivity index (χ1n) is 5.17. The minimum atomic E-state index is -0.781. The average molecular weight is 236 g/mol. The van der Waals surface area contributed by atoms with E-state index in [0.717, 1.165) is 0 Å². The second-order valence-electron chi connectivity index (χ2n) is 3.71. The zero-order valence-corrected chi connectivity index (χ0v) is 10.1. The van der Waals surface area contributed by atoms with Crippen LogP contribution in [-0.4, -0.2) is 38.1 Å². The minimum Gasteiger partial charge on any atom is -0.467 e. The lowest BCUT2D eigenvalue weighted by molar-refractivity contribution is -0.143. The van der Waals surface area contributed by atoms with E-state index in [1.54, 1.807) is 38.4 Å². The first-order valence-corrected chi connectivity index (χ1v) is 5.17. The number of hydrogen-bond acceptors (Lipinski definition) is 3. The number of benzene rings is 1. The maximum Gasteiger partial charge on any atom is 0.333 e. The van der Waals surface area contributed by atoms with Crippen LogP contribution >= 0.6 is 0 Å². The van der Waals surface area contributed by atoms with Gasteiger partial charge in [0.15, 0.2) is 6.04 Å². The summed E-state index contributed by atoms with van der Waals surface area (Å²) in [5.74, 6) is -0.494. The van der Waals surface area contributed by atoms with Crippen molar-refractivity contribution in [3.8, 4) is 0 Å². The predicted molar refractivity (Wildman–Crippen MR) is 63.4 cm³/mol. The summed E-state index contributed by atoms with van der Waals surface area (Å²) in [7, 11) is 4.50. The molecule has 1 rings (SSSR count). The molecule has 0 saturated carbocycles. The number of amides is 2. The molecule has 1 aromatic rings. The summed E-state index contributed by atoms with van der Waals surface area (Å²) in [6.45, 7) is 0. The van der Waals surface area contributed by atoms with Gasteiger partial charge in [0.25, 0.3) is 0 Å². The number of nitrogens with zero attached hydrogens (tertiary/aromatic N) is 1. The minimum absolute atomic E-state index is 0.343. The highest BCUT2D eigenvalue weighted by Gasteiger charge is 2.23. The summed E-state index contributed by atoms with van der Waals surface area (Å²) in [6, 6.07) is 7.83. The van der Waals surface area contributed by atoms with E-state index in [2.05, 4.69) is 10.1 Å². The lowest BCUT2D eigenvalue weighted by atomic mass is 10.1. The molecule has 0 bridgehead atoms. The van der Waals surface area contributed by atoms with E-state index in [0.29, 0.717) is 5.56 Å². The number of rotatable bonds is 3. The maximum absolute atomic E-state index is 11.6. The third kappa shape index (κ3) is 3.48. The molecule has 5 nitrogen and oxygen atoms in total. The van der Waals surface area contributed by atoms with Crippen molar-refractivity contribution in [3.63, 3.8) is 0 Å². The van der Waals surface area contributed by atoms with Crippen molar-refractivity contribution in [1.29, 1.82) is 0 Å². The molecule has 0 aliphatic rings. The Labute approximate surface area is 100 Å². The number of methoxy groups -OCH3 is 1. The van der Waals surface area contributed by atoms with E-state index < -0.39 is 12.0 Å². The van der Waals surface area contributed by atoms with Crippen molar-refractivity contribution in [2.24, 2.45) is 0 Å². The van der Waals surface area contributed by atoms with Gasteiger partial charge in [0, 0.05) is 14.1 Å². The molecule has 1 atom stereocenters. The van der Waals surface area contributed by atoms with Crippen LogP contribution in [0, 0.1) is 0 Å². The Morgan fingerprint density at radius 3 is 2.29 bits per heavy atom. The van der Waals surface area contributed by atoms with E-state index >= 15 is 0 Å². The van der Waals surface area contributed by atoms with E-state index in [9.17, 15) is 9.59 Å². The molecule has 1 unspecified atom stereocenters. The van der Waals surface area contributed by atoms with Crippen LogP contribution in [0.25, 0.3) is 0 Å². The van der Waals surface area contributed by atoms with Gasteiger partial charge in [-0.1, -0.05) is 30.3 Å². The van der Waals surface area contributed by atoms with Gasteiger partial charge >= 0.3 is 12.0 Å². The van der Waals surface area contributed by atoms with Crippen LogP contribution < -0.4 is 5.32 Å². The highest BCUT2D eigenvalue weighted by molar-refractivity contribution is 5.84. The van der Waals surface area contributed by atoms with E-state index in [-0.39, 0.29) is 6.03 Å². The molecule has 2 amide bonds. The Morgan fingerprint density at radius 1 is 1.24 bits per heavy atom. The van der Waals surface area contributed by atoms with E-state index in [4.69, 9.17) is 0 Å². The Morgan fingerprint density at radius 2 is 1.82 bits per heavy atom. The van der Waals surface area contributed by atoms with Crippen LogP contribution in [0.1, 0.15) is 11.6 Å². The van der Waals surface area contributed by atoms with Crippen molar-refractivity contribution >= 4 is 12.0 Å². The Balaban J connectivity index is 2.90. The van der Waals surface area contributed by atoms with Crippen LogP contribution in [0.3, 0.4) is 0 Å². The molecule has 0 heterocycles. The Hall–Kier alpha value is -2.04. The average Bonchev–Trinajstić information content (AvgIpc) is 2.35. The largest absolute Gasteiger partial charge is 0.467 e. The number of nitrogens with one attached hydrogen (secondary N) is 1. The van der Waals surface area contributed by atoms with Crippen LogP contribution in [0.2, 0.25) is 0 Å². The third-order valence-electron chi connectivity index (χ3n) is 2.24. The lowest BCUT2D eigenvalue weighted by Gasteiger charge is -2.19. The van der Waals surface area contributed by atoms with Crippen molar-refractivity contribution in [3.05, 3.63) is 35.9 Å². The molecular formula is C12H16N2O3. The SMILES string of the molecule is COC(=O)C(NC(=O)N(C)C)c1ccccc1. The normalized spacial score (nSPS) is 11.5. The monoisotopic (exact) mass is 236 g/mol. The van der Waals surface area contributed by atoms with Crippen molar-refractivity contribution in [1.82, 2.24) is 10.2 Å². The van der Waals surface area contributed by atoms with Gasteiger partial charge in [-0.05, 0) is 5.56 Å². The Bertz CT molecular complexity index is 390. The number of ether oxygens (including phenoxy) is 1. The summed E-state index contributed by atoms with van der Waals surface area (Å²) >= 11 is 0. The number of urea groups is 1. The molecule has 5 heteroatoms. The van der Waals surface area contributed by atoms with Gasteiger partial charge < -0.3 is 15.0 Å². The van der Waals surface area contributed by atoms with Gasteiger partial charge in [0.05, 0.1) is 7.11 Å². The third-order valence-corrected chi connectivity index (χ3v) is 2.24. The van der Waals surface area contributed by atoms with Crippen LogP contribution in [0.5, 0.6) is 0 Å². The number of carbonyl (C=O) groups is 2. The predicted octanol–water partition coefficient (Wildman–Crippen LogP) is 1.17. The maximum atomic E-state index is 11.6. The first-order chi connectivity index (χ1) is 8.06. The second kappa shape index (κ2) is 5.89. The number of carbonyl (C=O) groups excluding carboxylic acids is 2. The van der Waals surface area contributed by atoms with Gasteiger partial charge in [-0.25, -0.2) is 9.59 Å². The highest BCUT2D eigenvalue weighted by atomic mass is 16.5.